The lowest BCUT2D eigenvalue weighted by molar-refractivity contribution is -0.151. The molecule has 0 spiro atoms. The third kappa shape index (κ3) is 1.66. The number of hydrogen-bond acceptors (Lipinski definition) is 4. The lowest BCUT2D eigenvalue weighted by Crippen LogP contribution is -2.30. The minimum atomic E-state index is -0.717. The maximum absolute atomic E-state index is 11.0. The molecular formula is C6H9N3O3. The van der Waals surface area contributed by atoms with Crippen LogP contribution in [0.3, 0.4) is 0 Å². The van der Waals surface area contributed by atoms with Crippen molar-refractivity contribution in [3.8, 4) is 0 Å². The molecule has 0 aromatic rings. The fourth-order valence-electron chi connectivity index (χ4n) is 1.10. The van der Waals surface area contributed by atoms with Crippen molar-refractivity contribution in [1.82, 2.24) is 0 Å². The molecule has 0 amide bonds. The highest BCUT2D eigenvalue weighted by Gasteiger charge is 2.34. The molecule has 12 heavy (non-hydrogen) atoms. The van der Waals surface area contributed by atoms with Crippen LogP contribution < -0.4 is 0 Å². The van der Waals surface area contributed by atoms with Crippen LogP contribution in [0.15, 0.2) is 5.11 Å². The first kappa shape index (κ1) is 8.83. The van der Waals surface area contributed by atoms with Gasteiger partial charge in [0.15, 0.2) is 6.10 Å². The first-order valence-corrected chi connectivity index (χ1v) is 3.53. The number of carbonyl (C=O) groups excluding carboxylic acids is 1. The summed E-state index contributed by atoms with van der Waals surface area (Å²) in [6.45, 7) is 0.434. The Bertz CT molecular complexity index is 224. The molecule has 2 unspecified atom stereocenters. The van der Waals surface area contributed by atoms with Crippen LogP contribution in [0.25, 0.3) is 10.4 Å². The molecule has 6 heteroatoms. The molecule has 1 rings (SSSR count). The summed E-state index contributed by atoms with van der Waals surface area (Å²) in [5.74, 6) is -0.482. The minimum Gasteiger partial charge on any atom is -0.467 e. The number of rotatable bonds is 2. The number of nitrogens with zero attached hydrogens (tertiary/aromatic N) is 3. The predicted molar refractivity (Wildman–Crippen MR) is 39.3 cm³/mol. The highest BCUT2D eigenvalue weighted by Crippen LogP contribution is 2.18. The van der Waals surface area contributed by atoms with Gasteiger partial charge in [0.1, 0.15) is 0 Å². The van der Waals surface area contributed by atoms with Crippen LogP contribution in [0.2, 0.25) is 0 Å². The van der Waals surface area contributed by atoms with Gasteiger partial charge < -0.3 is 9.47 Å². The van der Waals surface area contributed by atoms with Crippen LogP contribution in [0.1, 0.15) is 6.42 Å². The van der Waals surface area contributed by atoms with Gasteiger partial charge in [-0.15, -0.1) is 0 Å². The molecule has 0 bridgehead atoms. The number of carbonyl (C=O) groups is 1. The largest absolute Gasteiger partial charge is 0.467 e. The van der Waals surface area contributed by atoms with E-state index in [4.69, 9.17) is 10.3 Å². The van der Waals surface area contributed by atoms with E-state index in [1.807, 2.05) is 0 Å². The van der Waals surface area contributed by atoms with E-state index in [1.54, 1.807) is 0 Å². The molecule has 1 aliphatic rings. The van der Waals surface area contributed by atoms with Crippen molar-refractivity contribution in [2.24, 2.45) is 5.11 Å². The number of ether oxygens (including phenoxy) is 2. The average molecular weight is 171 g/mol. The Kier molecular flexibility index (Phi) is 2.90. The summed E-state index contributed by atoms with van der Waals surface area (Å²) < 4.78 is 9.49. The summed E-state index contributed by atoms with van der Waals surface area (Å²) >= 11 is 0. The van der Waals surface area contributed by atoms with Gasteiger partial charge in [0.25, 0.3) is 0 Å². The Morgan fingerprint density at radius 1 is 1.83 bits per heavy atom. The maximum atomic E-state index is 11.0. The third-order valence-electron chi connectivity index (χ3n) is 1.69. The number of hydrogen-bond donors (Lipinski definition) is 0. The van der Waals surface area contributed by atoms with Gasteiger partial charge in [-0.25, -0.2) is 4.79 Å². The Hall–Kier alpha value is -1.26. The van der Waals surface area contributed by atoms with Gasteiger partial charge in [-0.2, -0.15) is 0 Å². The van der Waals surface area contributed by atoms with Crippen molar-refractivity contribution < 1.29 is 14.3 Å². The first-order chi connectivity index (χ1) is 5.79. The van der Waals surface area contributed by atoms with Gasteiger partial charge in [-0.3, -0.25) is 0 Å². The molecule has 0 saturated carbocycles. The second-order valence-corrected chi connectivity index (χ2v) is 2.38. The molecule has 0 radical (unpaired) electrons. The SMILES string of the molecule is COC(=O)C1OCCC1N=[N+]=[N-]. The van der Waals surface area contributed by atoms with Crippen LogP contribution in [0, 0.1) is 0 Å². The van der Waals surface area contributed by atoms with Crippen molar-refractivity contribution in [2.75, 3.05) is 13.7 Å². The summed E-state index contributed by atoms with van der Waals surface area (Å²) in [4.78, 5) is 13.6. The van der Waals surface area contributed by atoms with E-state index < -0.39 is 18.1 Å². The van der Waals surface area contributed by atoms with E-state index in [2.05, 4.69) is 14.8 Å². The zero-order chi connectivity index (χ0) is 8.97. The monoisotopic (exact) mass is 171 g/mol. The van der Waals surface area contributed by atoms with Gasteiger partial charge in [0.2, 0.25) is 0 Å². The fraction of sp³-hybridized carbons (Fsp3) is 0.833. The van der Waals surface area contributed by atoms with Crippen LogP contribution in [-0.2, 0) is 14.3 Å². The summed E-state index contributed by atoms with van der Waals surface area (Å²) in [6.07, 6.45) is -0.144. The van der Waals surface area contributed by atoms with Gasteiger partial charge in [0.05, 0.1) is 13.2 Å². The van der Waals surface area contributed by atoms with Crippen LogP contribution in [0.5, 0.6) is 0 Å². The van der Waals surface area contributed by atoms with Crippen molar-refractivity contribution in [3.63, 3.8) is 0 Å². The molecule has 1 aliphatic heterocycles. The summed E-state index contributed by atoms with van der Waals surface area (Å²) in [6, 6.07) is -0.414. The molecular weight excluding hydrogens is 162 g/mol. The number of azide groups is 1. The van der Waals surface area contributed by atoms with Crippen molar-refractivity contribution in [3.05, 3.63) is 10.4 Å². The second kappa shape index (κ2) is 3.94. The van der Waals surface area contributed by atoms with Crippen LogP contribution in [0.4, 0.5) is 0 Å². The van der Waals surface area contributed by atoms with E-state index in [1.165, 1.54) is 7.11 Å². The lowest BCUT2D eigenvalue weighted by Gasteiger charge is -2.10. The van der Waals surface area contributed by atoms with E-state index in [0.717, 1.165) is 0 Å². The van der Waals surface area contributed by atoms with E-state index in [-0.39, 0.29) is 0 Å². The second-order valence-electron chi connectivity index (χ2n) is 2.38. The number of methoxy groups -OCH3 is 1. The predicted octanol–water partition coefficient (Wildman–Crippen LogP) is 0.627. The molecule has 1 fully saturated rings. The molecule has 66 valence electrons. The number of esters is 1. The standard InChI is InChI=1S/C6H9N3O3/c1-11-6(10)5-4(8-9-7)2-3-12-5/h4-5H,2-3H2,1H3. The summed E-state index contributed by atoms with van der Waals surface area (Å²) in [5.41, 5.74) is 8.15. The Morgan fingerprint density at radius 2 is 2.58 bits per heavy atom. The molecule has 0 N–H and O–H groups in total. The first-order valence-electron chi connectivity index (χ1n) is 3.53. The van der Waals surface area contributed by atoms with Gasteiger partial charge in [-0.05, 0) is 12.0 Å². The quantitative estimate of drug-likeness (QED) is 0.264. The highest BCUT2D eigenvalue weighted by molar-refractivity contribution is 5.75. The molecule has 0 aromatic carbocycles. The molecule has 2 atom stereocenters. The zero-order valence-electron chi connectivity index (χ0n) is 6.64. The fourth-order valence-corrected chi connectivity index (χ4v) is 1.10. The normalized spacial score (nSPS) is 27.8. The van der Waals surface area contributed by atoms with Crippen molar-refractivity contribution in [1.29, 1.82) is 0 Å². The Morgan fingerprint density at radius 3 is 3.17 bits per heavy atom. The smallest absolute Gasteiger partial charge is 0.335 e. The van der Waals surface area contributed by atoms with E-state index in [9.17, 15) is 4.79 Å². The van der Waals surface area contributed by atoms with Crippen LogP contribution in [-0.4, -0.2) is 31.8 Å². The van der Waals surface area contributed by atoms with Gasteiger partial charge in [0, 0.05) is 11.5 Å². The maximum Gasteiger partial charge on any atom is 0.335 e. The summed E-state index contributed by atoms with van der Waals surface area (Å²) in [7, 11) is 1.27. The zero-order valence-corrected chi connectivity index (χ0v) is 6.64. The Labute approximate surface area is 69.1 Å². The van der Waals surface area contributed by atoms with Gasteiger partial charge in [-0.1, -0.05) is 5.11 Å². The Balaban J connectivity index is 2.63. The van der Waals surface area contributed by atoms with Gasteiger partial charge >= 0.3 is 5.97 Å². The molecule has 0 aromatic heterocycles. The minimum absolute atomic E-state index is 0.414. The topological polar surface area (TPSA) is 84.3 Å². The third-order valence-corrected chi connectivity index (χ3v) is 1.69. The summed E-state index contributed by atoms with van der Waals surface area (Å²) in [5, 5.41) is 3.43. The van der Waals surface area contributed by atoms with Crippen LogP contribution >= 0.6 is 0 Å². The average Bonchev–Trinajstić information content (AvgIpc) is 2.52. The molecule has 0 aliphatic carbocycles. The van der Waals surface area contributed by atoms with Crippen molar-refractivity contribution in [2.45, 2.75) is 18.6 Å². The lowest BCUT2D eigenvalue weighted by atomic mass is 10.1. The molecule has 6 nitrogen and oxygen atoms in total. The highest BCUT2D eigenvalue weighted by atomic mass is 16.6. The van der Waals surface area contributed by atoms with E-state index >= 15 is 0 Å². The van der Waals surface area contributed by atoms with E-state index in [0.29, 0.717) is 13.0 Å². The van der Waals surface area contributed by atoms with Crippen molar-refractivity contribution >= 4 is 5.97 Å². The molecule has 1 saturated heterocycles. The molecule has 1 heterocycles.